The van der Waals surface area contributed by atoms with E-state index in [9.17, 15) is 13.2 Å². The Labute approximate surface area is 111 Å². The molecule has 1 aliphatic carbocycles. The van der Waals surface area contributed by atoms with E-state index in [2.05, 4.69) is 5.32 Å². The smallest absolute Gasteiger partial charge is 0.314 e. The normalized spacial score (nSPS) is 27.3. The number of fused-ring (bicyclic) bond motifs is 1. The molecule has 0 bridgehead atoms. The zero-order valence-electron chi connectivity index (χ0n) is 10.8. The summed E-state index contributed by atoms with van der Waals surface area (Å²) in [5.41, 5.74) is 1.01. The quantitative estimate of drug-likeness (QED) is 0.822. The fourth-order valence-electron chi connectivity index (χ4n) is 3.56. The van der Waals surface area contributed by atoms with Gasteiger partial charge in [0.1, 0.15) is 0 Å². The van der Waals surface area contributed by atoms with E-state index >= 15 is 0 Å². The summed E-state index contributed by atoms with van der Waals surface area (Å²) in [5, 5.41) is 3.48. The largest absolute Gasteiger partial charge is 0.416 e. The highest BCUT2D eigenvalue weighted by Gasteiger charge is 2.36. The monoisotopic (exact) mass is 269 g/mol. The first-order chi connectivity index (χ1) is 9.05. The minimum absolute atomic E-state index is 0.428. The number of rotatable bonds is 1. The van der Waals surface area contributed by atoms with Crippen LogP contribution in [0.3, 0.4) is 0 Å². The number of halogens is 3. The number of hydrogen-bond acceptors (Lipinski definition) is 1. The van der Waals surface area contributed by atoms with Crippen LogP contribution in [0.5, 0.6) is 0 Å². The van der Waals surface area contributed by atoms with Crippen LogP contribution in [0.25, 0.3) is 0 Å². The van der Waals surface area contributed by atoms with Crippen molar-refractivity contribution in [2.75, 3.05) is 6.54 Å². The second-order valence-electron chi connectivity index (χ2n) is 5.65. The van der Waals surface area contributed by atoms with Crippen molar-refractivity contribution in [1.29, 1.82) is 0 Å². The van der Waals surface area contributed by atoms with Crippen LogP contribution in [-0.2, 0) is 19.0 Å². The summed E-state index contributed by atoms with van der Waals surface area (Å²) in [7, 11) is 0. The first-order valence-electron chi connectivity index (χ1n) is 6.97. The molecule has 4 heteroatoms. The second kappa shape index (κ2) is 4.82. The van der Waals surface area contributed by atoms with Crippen LogP contribution in [0, 0.1) is 5.92 Å². The van der Waals surface area contributed by atoms with Crippen molar-refractivity contribution in [2.45, 2.75) is 44.3 Å². The Bertz CT molecular complexity index is 461. The summed E-state index contributed by atoms with van der Waals surface area (Å²) in [6.45, 7) is 1.05. The highest BCUT2D eigenvalue weighted by Crippen LogP contribution is 2.38. The van der Waals surface area contributed by atoms with Gasteiger partial charge in [0.25, 0.3) is 0 Å². The first kappa shape index (κ1) is 13.0. The Balaban J connectivity index is 1.86. The lowest BCUT2D eigenvalue weighted by Gasteiger charge is -2.30. The third-order valence-electron chi connectivity index (χ3n) is 4.49. The van der Waals surface area contributed by atoms with Crippen LogP contribution in [0.15, 0.2) is 18.2 Å². The maximum absolute atomic E-state index is 13.0. The van der Waals surface area contributed by atoms with Crippen molar-refractivity contribution >= 4 is 0 Å². The Morgan fingerprint density at radius 3 is 2.68 bits per heavy atom. The molecule has 2 unspecified atom stereocenters. The van der Waals surface area contributed by atoms with Crippen LogP contribution in [0.1, 0.15) is 36.0 Å². The maximum atomic E-state index is 13.0. The molecule has 1 N–H and O–H groups in total. The molecule has 1 saturated heterocycles. The average molecular weight is 269 g/mol. The molecule has 1 aromatic rings. The van der Waals surface area contributed by atoms with E-state index in [1.807, 2.05) is 6.07 Å². The van der Waals surface area contributed by atoms with Crippen molar-refractivity contribution in [3.63, 3.8) is 0 Å². The Morgan fingerprint density at radius 2 is 2.00 bits per heavy atom. The molecule has 1 fully saturated rings. The standard InChI is InChI=1S/C15H18F3N/c16-15(17,18)13-4-1-3-10-9-11(6-7-12(10)13)14-5-2-8-19-14/h1,3-4,11,14,19H,2,5-9H2. The van der Waals surface area contributed by atoms with E-state index in [-0.39, 0.29) is 0 Å². The van der Waals surface area contributed by atoms with Crippen LogP contribution in [-0.4, -0.2) is 12.6 Å². The van der Waals surface area contributed by atoms with Gasteiger partial charge in [0.15, 0.2) is 0 Å². The SMILES string of the molecule is FC(F)(F)c1cccc2c1CCC(C1CCCN1)C2. The third-order valence-corrected chi connectivity index (χ3v) is 4.49. The van der Waals surface area contributed by atoms with Gasteiger partial charge in [-0.1, -0.05) is 12.1 Å². The third kappa shape index (κ3) is 2.50. The van der Waals surface area contributed by atoms with Crippen LogP contribution in [0.4, 0.5) is 13.2 Å². The highest BCUT2D eigenvalue weighted by atomic mass is 19.4. The Hall–Kier alpha value is -1.03. The summed E-state index contributed by atoms with van der Waals surface area (Å²) in [6.07, 6.45) is 0.363. The Morgan fingerprint density at radius 1 is 1.16 bits per heavy atom. The van der Waals surface area contributed by atoms with Gasteiger partial charge in [-0.25, -0.2) is 0 Å². The number of alkyl halides is 3. The fourth-order valence-corrected chi connectivity index (χ4v) is 3.56. The molecule has 2 atom stereocenters. The van der Waals surface area contributed by atoms with E-state index in [0.717, 1.165) is 24.9 Å². The molecule has 0 saturated carbocycles. The van der Waals surface area contributed by atoms with Crippen molar-refractivity contribution < 1.29 is 13.2 Å². The van der Waals surface area contributed by atoms with Gasteiger partial charge in [-0.3, -0.25) is 0 Å². The van der Waals surface area contributed by atoms with E-state index in [4.69, 9.17) is 0 Å². The summed E-state index contributed by atoms with van der Waals surface area (Å²) in [6, 6.07) is 5.13. The minimum atomic E-state index is -4.22. The van der Waals surface area contributed by atoms with Crippen molar-refractivity contribution in [2.24, 2.45) is 5.92 Å². The van der Waals surface area contributed by atoms with Gasteiger partial charge < -0.3 is 5.32 Å². The molecule has 0 aromatic heterocycles. The molecular weight excluding hydrogens is 251 g/mol. The molecular formula is C15H18F3N. The fraction of sp³-hybridized carbons (Fsp3) is 0.600. The Kier molecular flexibility index (Phi) is 3.29. The molecule has 0 amide bonds. The summed E-state index contributed by atoms with van der Waals surface area (Å²) in [4.78, 5) is 0. The summed E-state index contributed by atoms with van der Waals surface area (Å²) in [5.74, 6) is 0.499. The van der Waals surface area contributed by atoms with Gasteiger partial charge in [0.2, 0.25) is 0 Å². The van der Waals surface area contributed by atoms with Crippen molar-refractivity contribution in [1.82, 2.24) is 5.32 Å². The van der Waals surface area contributed by atoms with Gasteiger partial charge in [0, 0.05) is 6.04 Å². The first-order valence-corrected chi connectivity index (χ1v) is 6.97. The molecule has 1 aliphatic heterocycles. The second-order valence-corrected chi connectivity index (χ2v) is 5.65. The number of nitrogens with one attached hydrogen (secondary N) is 1. The van der Waals surface area contributed by atoms with Gasteiger partial charge >= 0.3 is 6.18 Å². The molecule has 0 spiro atoms. The molecule has 1 nitrogen and oxygen atoms in total. The van der Waals surface area contributed by atoms with Crippen molar-refractivity contribution in [3.8, 4) is 0 Å². The molecule has 1 heterocycles. The molecule has 19 heavy (non-hydrogen) atoms. The topological polar surface area (TPSA) is 12.0 Å². The predicted molar refractivity (Wildman–Crippen MR) is 68.0 cm³/mol. The maximum Gasteiger partial charge on any atom is 0.416 e. The zero-order valence-corrected chi connectivity index (χ0v) is 10.8. The number of benzene rings is 1. The van der Waals surface area contributed by atoms with Gasteiger partial charge in [-0.2, -0.15) is 13.2 Å². The lowest BCUT2D eigenvalue weighted by Crippen LogP contribution is -2.34. The summed E-state index contributed by atoms with van der Waals surface area (Å²) < 4.78 is 38.9. The summed E-state index contributed by atoms with van der Waals surface area (Å²) >= 11 is 0. The van der Waals surface area contributed by atoms with Crippen LogP contribution in [0.2, 0.25) is 0 Å². The number of hydrogen-bond donors (Lipinski definition) is 1. The van der Waals surface area contributed by atoms with E-state index in [1.54, 1.807) is 6.07 Å². The van der Waals surface area contributed by atoms with Gasteiger partial charge in [-0.05, 0) is 61.8 Å². The molecule has 0 radical (unpaired) electrons. The molecule has 104 valence electrons. The van der Waals surface area contributed by atoms with E-state index in [0.29, 0.717) is 23.9 Å². The van der Waals surface area contributed by atoms with E-state index < -0.39 is 11.7 Å². The van der Waals surface area contributed by atoms with Crippen molar-refractivity contribution in [3.05, 3.63) is 34.9 Å². The van der Waals surface area contributed by atoms with Crippen LogP contribution < -0.4 is 5.32 Å². The molecule has 3 rings (SSSR count). The molecule has 1 aromatic carbocycles. The highest BCUT2D eigenvalue weighted by molar-refractivity contribution is 5.39. The lowest BCUT2D eigenvalue weighted by molar-refractivity contribution is -0.138. The van der Waals surface area contributed by atoms with E-state index in [1.165, 1.54) is 18.9 Å². The zero-order chi connectivity index (χ0) is 13.5. The van der Waals surface area contributed by atoms with Crippen LogP contribution >= 0.6 is 0 Å². The molecule has 2 aliphatic rings. The predicted octanol–water partition coefficient (Wildman–Crippen LogP) is 3.56. The lowest BCUT2D eigenvalue weighted by atomic mass is 9.78. The minimum Gasteiger partial charge on any atom is -0.314 e. The van der Waals surface area contributed by atoms with Gasteiger partial charge in [-0.15, -0.1) is 0 Å². The van der Waals surface area contributed by atoms with Gasteiger partial charge in [0.05, 0.1) is 5.56 Å². The average Bonchev–Trinajstić information content (AvgIpc) is 2.90.